The molecule has 0 unspecified atom stereocenters. The van der Waals surface area contributed by atoms with Gasteiger partial charge in [-0.1, -0.05) is 24.2 Å². The van der Waals surface area contributed by atoms with Crippen LogP contribution in [0.3, 0.4) is 0 Å². The molecule has 2 aromatic heterocycles. The Balaban J connectivity index is 1.51. The summed E-state index contributed by atoms with van der Waals surface area (Å²) < 4.78 is 95.4. The number of hydrogen-bond acceptors (Lipinski definition) is 7. The quantitative estimate of drug-likeness (QED) is 0.522. The number of benzene rings is 1. The van der Waals surface area contributed by atoms with E-state index in [0.717, 1.165) is 0 Å². The topological polar surface area (TPSA) is 132 Å². The van der Waals surface area contributed by atoms with Crippen LogP contribution in [-0.4, -0.2) is 40.8 Å². The van der Waals surface area contributed by atoms with E-state index in [2.05, 4.69) is 19.5 Å². The molecule has 5 rings (SSSR count). The molecular formula is C21H25N5O4S. The maximum atomic E-state index is 11.1. The van der Waals surface area contributed by atoms with Gasteiger partial charge in [0.05, 0.1) is 29.6 Å². The Hall–Kier alpha value is -2.53. The van der Waals surface area contributed by atoms with E-state index in [1.807, 2.05) is 0 Å². The van der Waals surface area contributed by atoms with E-state index in [1.165, 1.54) is 6.33 Å². The Kier molecular flexibility index (Phi) is 3.33. The summed E-state index contributed by atoms with van der Waals surface area (Å²) in [6, 6.07) is -2.55. The second-order valence-electron chi connectivity index (χ2n) is 7.55. The number of aliphatic hydroxyl groups excluding tert-OH is 1. The van der Waals surface area contributed by atoms with Crippen molar-refractivity contribution in [2.45, 2.75) is 43.8 Å². The number of aliphatic hydroxyl groups is 1. The van der Waals surface area contributed by atoms with E-state index in [1.54, 1.807) is 16.8 Å². The standard InChI is InChI=1S/C21H25N5O4S/c22-31(28,29)30-11-14-9-15(10-19(14)27)26-8-7-17-20(23-12-24-21(17)26)25-18-6-5-13-3-1-2-4-16(13)18/h1-4,7-8,12,14-15,18-19,27H,5-6,9-11H2,(H2,22,28,29)(H,23,24,25)/t14-,15+,18-,19-/m0/s1/i1D,2D,3D,4D,5D2,6D2. The number of hydrogen-bond donors (Lipinski definition) is 3. The van der Waals surface area contributed by atoms with Gasteiger partial charge in [-0.05, 0) is 42.8 Å². The number of nitrogens with two attached hydrogens (primary N) is 1. The lowest BCUT2D eigenvalue weighted by molar-refractivity contribution is 0.100. The first-order valence-corrected chi connectivity index (χ1v) is 11.1. The number of fused-ring (bicyclic) bond motifs is 2. The summed E-state index contributed by atoms with van der Waals surface area (Å²) in [4.78, 5) is 8.52. The summed E-state index contributed by atoms with van der Waals surface area (Å²) in [6.07, 6.45) is -2.71. The highest BCUT2D eigenvalue weighted by molar-refractivity contribution is 7.84. The van der Waals surface area contributed by atoms with Crippen molar-refractivity contribution in [1.29, 1.82) is 0 Å². The van der Waals surface area contributed by atoms with Crippen molar-refractivity contribution < 1.29 is 28.7 Å². The molecule has 3 aromatic rings. The van der Waals surface area contributed by atoms with Crippen molar-refractivity contribution in [3.63, 3.8) is 0 Å². The normalized spacial score (nSPS) is 32.7. The second-order valence-corrected chi connectivity index (χ2v) is 8.77. The van der Waals surface area contributed by atoms with E-state index in [-0.39, 0.29) is 30.5 Å². The fourth-order valence-electron chi connectivity index (χ4n) is 4.14. The second kappa shape index (κ2) is 7.86. The summed E-state index contributed by atoms with van der Waals surface area (Å²) in [7, 11) is -4.16. The minimum absolute atomic E-state index is 0.122. The van der Waals surface area contributed by atoms with Gasteiger partial charge >= 0.3 is 10.3 Å². The molecule has 4 N–H and O–H groups in total. The smallest absolute Gasteiger partial charge is 0.333 e. The molecule has 0 bridgehead atoms. The van der Waals surface area contributed by atoms with Crippen LogP contribution in [0.2, 0.25) is 0 Å². The minimum atomic E-state index is -4.16. The lowest BCUT2D eigenvalue weighted by atomic mass is 10.1. The van der Waals surface area contributed by atoms with Crippen molar-refractivity contribution in [2.24, 2.45) is 11.1 Å². The third kappa shape index (κ3) is 4.03. The molecule has 0 aliphatic heterocycles. The molecular weight excluding hydrogens is 418 g/mol. The fourth-order valence-corrected chi connectivity index (χ4v) is 4.51. The van der Waals surface area contributed by atoms with Crippen LogP contribution < -0.4 is 10.5 Å². The van der Waals surface area contributed by atoms with Crippen molar-refractivity contribution in [2.75, 3.05) is 11.9 Å². The van der Waals surface area contributed by atoms with Gasteiger partial charge in [0.2, 0.25) is 0 Å². The molecule has 1 aromatic carbocycles. The Morgan fingerprint density at radius 1 is 1.35 bits per heavy atom. The third-order valence-corrected chi connectivity index (χ3v) is 6.07. The number of rotatable bonds is 6. The third-order valence-electron chi connectivity index (χ3n) is 5.61. The minimum Gasteiger partial charge on any atom is -0.393 e. The van der Waals surface area contributed by atoms with E-state index in [0.29, 0.717) is 17.5 Å². The lowest BCUT2D eigenvalue weighted by Crippen LogP contribution is -2.24. The molecule has 2 heterocycles. The van der Waals surface area contributed by atoms with Crippen LogP contribution in [0.25, 0.3) is 11.0 Å². The summed E-state index contributed by atoms with van der Waals surface area (Å²) >= 11 is 0. The predicted molar refractivity (Wildman–Crippen MR) is 115 cm³/mol. The van der Waals surface area contributed by atoms with Gasteiger partial charge < -0.3 is 15.0 Å². The monoisotopic (exact) mass is 451 g/mol. The van der Waals surface area contributed by atoms with Gasteiger partial charge in [-0.2, -0.15) is 8.42 Å². The zero-order valence-electron chi connectivity index (χ0n) is 24.2. The van der Waals surface area contributed by atoms with E-state index >= 15 is 0 Å². The summed E-state index contributed by atoms with van der Waals surface area (Å²) in [5.74, 6) is -0.374. The Bertz CT molecular complexity index is 1580. The van der Waals surface area contributed by atoms with Gasteiger partial charge in [0.15, 0.2) is 0 Å². The van der Waals surface area contributed by atoms with Gasteiger partial charge in [-0.25, -0.2) is 15.1 Å². The molecule has 0 spiro atoms. The Morgan fingerprint density at radius 3 is 3.03 bits per heavy atom. The number of nitrogens with one attached hydrogen (secondary N) is 1. The maximum Gasteiger partial charge on any atom is 0.333 e. The maximum absolute atomic E-state index is 11.1. The number of nitrogens with zero attached hydrogens (tertiary/aromatic N) is 3. The summed E-state index contributed by atoms with van der Waals surface area (Å²) in [5, 5.41) is 18.7. The van der Waals surface area contributed by atoms with Gasteiger partial charge in [0.1, 0.15) is 17.8 Å². The predicted octanol–water partition coefficient (Wildman–Crippen LogP) is 2.06. The highest BCUT2D eigenvalue weighted by Gasteiger charge is 2.35. The van der Waals surface area contributed by atoms with Gasteiger partial charge in [-0.3, -0.25) is 4.18 Å². The molecule has 2 aliphatic carbocycles. The van der Waals surface area contributed by atoms with Crippen LogP contribution in [0.5, 0.6) is 0 Å². The lowest BCUT2D eigenvalue weighted by Gasteiger charge is -2.16. The average Bonchev–Trinajstić information content (AvgIpc) is 3.48. The van der Waals surface area contributed by atoms with Crippen molar-refractivity contribution >= 4 is 27.2 Å². The van der Waals surface area contributed by atoms with Gasteiger partial charge in [0.25, 0.3) is 0 Å². The van der Waals surface area contributed by atoms with Crippen molar-refractivity contribution in [3.05, 3.63) is 53.9 Å². The molecule has 10 heteroatoms. The molecule has 0 amide bonds. The van der Waals surface area contributed by atoms with Crippen LogP contribution in [0, 0.1) is 5.92 Å². The van der Waals surface area contributed by atoms with E-state index in [9.17, 15) is 13.5 Å². The molecule has 2 aliphatic rings. The molecule has 164 valence electrons. The molecule has 31 heavy (non-hydrogen) atoms. The molecule has 4 atom stereocenters. The zero-order valence-corrected chi connectivity index (χ0v) is 17.0. The van der Waals surface area contributed by atoms with Crippen molar-refractivity contribution in [1.82, 2.24) is 14.5 Å². The van der Waals surface area contributed by atoms with E-state index < -0.39 is 70.8 Å². The SMILES string of the molecule is [2H]c1c([2H])c([2H])c2c(c1[2H])[C@@H](Nc1ncnc3c1ccn3[C@@H]1C[C@@H](COS(N)(=O)=O)[C@@H](O)C1)C([2H])([2H])C2([2H])[2H]. The number of aromatic nitrogens is 3. The van der Waals surface area contributed by atoms with Gasteiger partial charge in [-0.15, -0.1) is 0 Å². The highest BCUT2D eigenvalue weighted by Crippen LogP contribution is 2.39. The Morgan fingerprint density at radius 2 is 2.19 bits per heavy atom. The van der Waals surface area contributed by atoms with Crippen molar-refractivity contribution in [3.8, 4) is 0 Å². The van der Waals surface area contributed by atoms with Crippen LogP contribution in [0.4, 0.5) is 5.82 Å². The molecule has 1 saturated carbocycles. The Labute approximate surface area is 191 Å². The molecule has 1 fully saturated rings. The molecule has 9 nitrogen and oxygen atoms in total. The summed E-state index contributed by atoms with van der Waals surface area (Å²) in [6.45, 7) is -0.277. The number of anilines is 1. The van der Waals surface area contributed by atoms with Crippen LogP contribution in [0.15, 0.2) is 42.8 Å². The van der Waals surface area contributed by atoms with Crippen LogP contribution in [-0.2, 0) is 20.9 Å². The first-order valence-electron chi connectivity index (χ1n) is 13.6. The highest BCUT2D eigenvalue weighted by atomic mass is 32.2. The molecule has 0 radical (unpaired) electrons. The largest absolute Gasteiger partial charge is 0.393 e. The average molecular weight is 452 g/mol. The summed E-state index contributed by atoms with van der Waals surface area (Å²) in [5.41, 5.74) is -0.236. The van der Waals surface area contributed by atoms with Crippen LogP contribution in [0.1, 0.15) is 53.4 Å². The fraction of sp³-hybridized carbons (Fsp3) is 0.429. The first-order chi connectivity index (χ1) is 18.1. The van der Waals surface area contributed by atoms with Crippen LogP contribution >= 0.6 is 0 Å². The van der Waals surface area contributed by atoms with Gasteiger partial charge in [0, 0.05) is 23.6 Å². The first kappa shape index (κ1) is 13.1. The zero-order chi connectivity index (χ0) is 28.7. The van der Waals surface area contributed by atoms with E-state index in [4.69, 9.17) is 16.1 Å². The molecule has 0 saturated heterocycles.